The first kappa shape index (κ1) is 15.3. The predicted molar refractivity (Wildman–Crippen MR) is 83.9 cm³/mol. The molecule has 0 saturated carbocycles. The van der Waals surface area contributed by atoms with E-state index in [0.29, 0.717) is 18.9 Å². The number of aromatic nitrogens is 2. The smallest absolute Gasteiger partial charge is 0.224 e. The minimum absolute atomic E-state index is 0.0372. The molecule has 21 heavy (non-hydrogen) atoms. The molecule has 3 N–H and O–H groups in total. The highest BCUT2D eigenvalue weighted by molar-refractivity contribution is 5.90. The normalized spacial score (nSPS) is 12.1. The van der Waals surface area contributed by atoms with Crippen molar-refractivity contribution in [2.24, 2.45) is 11.7 Å². The van der Waals surface area contributed by atoms with E-state index in [-0.39, 0.29) is 5.91 Å². The van der Waals surface area contributed by atoms with Crippen LogP contribution in [0.4, 0.5) is 5.69 Å². The molecular weight excluding hydrogens is 264 g/mol. The lowest BCUT2D eigenvalue weighted by Gasteiger charge is -2.09. The maximum absolute atomic E-state index is 11.8. The van der Waals surface area contributed by atoms with Crippen molar-refractivity contribution in [3.63, 3.8) is 0 Å². The number of nitrogens with one attached hydrogen (secondary N) is 1. The first-order chi connectivity index (χ1) is 10.2. The highest BCUT2D eigenvalue weighted by Gasteiger charge is 2.06. The molecule has 0 aliphatic rings. The van der Waals surface area contributed by atoms with Gasteiger partial charge in [0.05, 0.1) is 6.54 Å². The Morgan fingerprint density at radius 2 is 2.14 bits per heavy atom. The number of anilines is 1. The molecule has 1 atom stereocenters. The first-order valence-corrected chi connectivity index (χ1v) is 7.23. The molecular formula is C16H22N4O. The van der Waals surface area contributed by atoms with Crippen molar-refractivity contribution >= 4 is 11.6 Å². The van der Waals surface area contributed by atoms with E-state index in [1.54, 1.807) is 6.20 Å². The average Bonchev–Trinajstić information content (AvgIpc) is 3.00. The van der Waals surface area contributed by atoms with Crippen LogP contribution < -0.4 is 11.1 Å². The van der Waals surface area contributed by atoms with Crippen LogP contribution in [0.5, 0.6) is 0 Å². The molecule has 0 aliphatic heterocycles. The second-order valence-electron chi connectivity index (χ2n) is 5.33. The number of hydrogen-bond donors (Lipinski definition) is 2. The average molecular weight is 286 g/mol. The van der Waals surface area contributed by atoms with Crippen LogP contribution in [0.3, 0.4) is 0 Å². The van der Waals surface area contributed by atoms with Crippen molar-refractivity contribution < 1.29 is 4.79 Å². The maximum atomic E-state index is 11.8. The van der Waals surface area contributed by atoms with Gasteiger partial charge in [0, 0.05) is 24.5 Å². The molecule has 0 radical (unpaired) electrons. The monoisotopic (exact) mass is 286 g/mol. The van der Waals surface area contributed by atoms with E-state index in [1.807, 2.05) is 41.2 Å². The van der Waals surface area contributed by atoms with Crippen LogP contribution in [0.2, 0.25) is 0 Å². The summed E-state index contributed by atoms with van der Waals surface area (Å²) in [6.07, 6.45) is 5.01. The zero-order chi connectivity index (χ0) is 15.1. The number of carbonyl (C=O) groups excluding carboxylic acids is 1. The van der Waals surface area contributed by atoms with E-state index in [2.05, 4.69) is 17.3 Å². The first-order valence-electron chi connectivity index (χ1n) is 7.23. The van der Waals surface area contributed by atoms with Crippen molar-refractivity contribution in [2.75, 3.05) is 11.9 Å². The summed E-state index contributed by atoms with van der Waals surface area (Å²) >= 11 is 0. The summed E-state index contributed by atoms with van der Waals surface area (Å²) in [5.41, 5.74) is 7.51. The summed E-state index contributed by atoms with van der Waals surface area (Å²) in [5, 5.41) is 7.07. The number of nitrogens with zero attached hydrogens (tertiary/aromatic N) is 2. The summed E-state index contributed by atoms with van der Waals surface area (Å²) in [5.74, 6) is 0.419. The van der Waals surface area contributed by atoms with Gasteiger partial charge < -0.3 is 11.1 Å². The van der Waals surface area contributed by atoms with Crippen LogP contribution in [-0.2, 0) is 11.3 Å². The predicted octanol–water partition coefficient (Wildman–Crippen LogP) is 2.24. The molecule has 0 bridgehead atoms. The van der Waals surface area contributed by atoms with Gasteiger partial charge in [-0.3, -0.25) is 9.48 Å². The fourth-order valence-corrected chi connectivity index (χ4v) is 1.99. The topological polar surface area (TPSA) is 72.9 Å². The summed E-state index contributed by atoms with van der Waals surface area (Å²) in [4.78, 5) is 11.8. The van der Waals surface area contributed by atoms with Gasteiger partial charge in [-0.2, -0.15) is 5.10 Å². The van der Waals surface area contributed by atoms with Gasteiger partial charge >= 0.3 is 0 Å². The van der Waals surface area contributed by atoms with Crippen molar-refractivity contribution in [1.82, 2.24) is 9.78 Å². The number of nitrogens with two attached hydrogens (primary N) is 1. The van der Waals surface area contributed by atoms with Crippen molar-refractivity contribution in [3.05, 3.63) is 48.3 Å². The minimum Gasteiger partial charge on any atom is -0.330 e. The Kier molecular flexibility index (Phi) is 5.51. The molecule has 2 aromatic rings. The standard InChI is InChI=1S/C16H22N4O/c1-13(11-17)3-8-16(21)19-15-6-4-14(5-7-15)12-20-10-2-9-18-20/h2,4-7,9-10,13H,3,8,11-12,17H2,1H3,(H,19,21). The lowest BCUT2D eigenvalue weighted by molar-refractivity contribution is -0.116. The lowest BCUT2D eigenvalue weighted by Crippen LogP contribution is -2.16. The van der Waals surface area contributed by atoms with E-state index in [9.17, 15) is 4.79 Å². The molecule has 2 rings (SSSR count). The largest absolute Gasteiger partial charge is 0.330 e. The van der Waals surface area contributed by atoms with Gasteiger partial charge in [0.15, 0.2) is 0 Å². The Balaban J connectivity index is 1.83. The third kappa shape index (κ3) is 5.04. The molecule has 1 amide bonds. The molecule has 1 aromatic carbocycles. The molecule has 5 heteroatoms. The Hall–Kier alpha value is -2.14. The SMILES string of the molecule is CC(CN)CCC(=O)Nc1ccc(Cn2cccn2)cc1. The fraction of sp³-hybridized carbons (Fsp3) is 0.375. The summed E-state index contributed by atoms with van der Waals surface area (Å²) in [7, 11) is 0. The Morgan fingerprint density at radius 3 is 2.76 bits per heavy atom. The number of hydrogen-bond acceptors (Lipinski definition) is 3. The van der Waals surface area contributed by atoms with Crippen LogP contribution in [0, 0.1) is 5.92 Å². The van der Waals surface area contributed by atoms with Crippen molar-refractivity contribution in [2.45, 2.75) is 26.3 Å². The minimum atomic E-state index is 0.0372. The Bertz CT molecular complexity index is 548. The zero-order valence-electron chi connectivity index (χ0n) is 12.3. The number of rotatable bonds is 7. The van der Waals surface area contributed by atoms with Crippen LogP contribution in [0.1, 0.15) is 25.3 Å². The maximum Gasteiger partial charge on any atom is 0.224 e. The molecule has 5 nitrogen and oxygen atoms in total. The Labute approximate surface area is 125 Å². The molecule has 112 valence electrons. The molecule has 0 aliphatic carbocycles. The van der Waals surface area contributed by atoms with E-state index < -0.39 is 0 Å². The van der Waals surface area contributed by atoms with Gasteiger partial charge in [-0.05, 0) is 42.6 Å². The summed E-state index contributed by atoms with van der Waals surface area (Å²) in [6.45, 7) is 3.40. The molecule has 1 unspecified atom stereocenters. The van der Waals surface area contributed by atoms with E-state index in [0.717, 1.165) is 24.2 Å². The third-order valence-electron chi connectivity index (χ3n) is 3.41. The third-order valence-corrected chi connectivity index (χ3v) is 3.41. The van der Waals surface area contributed by atoms with Crippen LogP contribution in [0.25, 0.3) is 0 Å². The molecule has 0 spiro atoms. The van der Waals surface area contributed by atoms with Gasteiger partial charge in [0.25, 0.3) is 0 Å². The number of carbonyl (C=O) groups is 1. The summed E-state index contributed by atoms with van der Waals surface area (Å²) < 4.78 is 1.86. The van der Waals surface area contributed by atoms with E-state index in [4.69, 9.17) is 5.73 Å². The second-order valence-corrected chi connectivity index (χ2v) is 5.33. The van der Waals surface area contributed by atoms with Crippen LogP contribution >= 0.6 is 0 Å². The van der Waals surface area contributed by atoms with Gasteiger partial charge in [-0.1, -0.05) is 19.1 Å². The molecule has 1 aromatic heterocycles. The number of amides is 1. The van der Waals surface area contributed by atoms with Gasteiger partial charge in [-0.25, -0.2) is 0 Å². The van der Waals surface area contributed by atoms with Crippen LogP contribution in [-0.4, -0.2) is 22.2 Å². The number of benzene rings is 1. The van der Waals surface area contributed by atoms with Gasteiger partial charge in [0.1, 0.15) is 0 Å². The highest BCUT2D eigenvalue weighted by Crippen LogP contribution is 2.12. The lowest BCUT2D eigenvalue weighted by atomic mass is 10.1. The van der Waals surface area contributed by atoms with Crippen molar-refractivity contribution in [3.8, 4) is 0 Å². The van der Waals surface area contributed by atoms with Gasteiger partial charge in [-0.15, -0.1) is 0 Å². The highest BCUT2D eigenvalue weighted by atomic mass is 16.1. The quantitative estimate of drug-likeness (QED) is 0.820. The van der Waals surface area contributed by atoms with Crippen molar-refractivity contribution in [1.29, 1.82) is 0 Å². The fourth-order valence-electron chi connectivity index (χ4n) is 1.99. The van der Waals surface area contributed by atoms with Crippen LogP contribution in [0.15, 0.2) is 42.7 Å². The zero-order valence-corrected chi connectivity index (χ0v) is 12.3. The molecule has 0 fully saturated rings. The molecule has 1 heterocycles. The molecule has 0 saturated heterocycles. The second kappa shape index (κ2) is 7.59. The van der Waals surface area contributed by atoms with Gasteiger partial charge in [0.2, 0.25) is 5.91 Å². The van der Waals surface area contributed by atoms with E-state index >= 15 is 0 Å². The summed E-state index contributed by atoms with van der Waals surface area (Å²) in [6, 6.07) is 9.74. The van der Waals surface area contributed by atoms with E-state index in [1.165, 1.54) is 0 Å². The Morgan fingerprint density at radius 1 is 1.38 bits per heavy atom.